The van der Waals surface area contributed by atoms with Crippen LogP contribution in [-0.4, -0.2) is 12.7 Å². The number of hydrogen-bond acceptors (Lipinski definition) is 1. The number of ether oxygens (including phenoxy) is 1. The molecule has 1 aliphatic rings. The highest BCUT2D eigenvalue weighted by atomic mass is 19.1. The molecule has 0 N–H and O–H groups in total. The lowest BCUT2D eigenvalue weighted by Crippen LogP contribution is -2.29. The summed E-state index contributed by atoms with van der Waals surface area (Å²) in [6, 6.07) is 5.71. The Morgan fingerprint density at radius 2 is 2.12 bits per heavy atom. The summed E-state index contributed by atoms with van der Waals surface area (Å²) in [5.74, 6) is 0.795. The van der Waals surface area contributed by atoms with Crippen molar-refractivity contribution in [2.24, 2.45) is 5.92 Å². The molecule has 2 heteroatoms. The molecule has 0 saturated carbocycles. The lowest BCUT2D eigenvalue weighted by molar-refractivity contribution is -0.0205. The molecule has 1 aromatic rings. The molecule has 1 aromatic carbocycles. The molecule has 2 atom stereocenters. The van der Waals surface area contributed by atoms with Crippen molar-refractivity contribution in [3.8, 4) is 0 Å². The van der Waals surface area contributed by atoms with Crippen molar-refractivity contribution in [2.75, 3.05) is 6.61 Å². The van der Waals surface area contributed by atoms with Crippen molar-refractivity contribution < 1.29 is 9.13 Å². The maximum atomic E-state index is 14.1. The van der Waals surface area contributed by atoms with E-state index in [-0.39, 0.29) is 11.9 Å². The summed E-state index contributed by atoms with van der Waals surface area (Å²) < 4.78 is 19.8. The first-order chi connectivity index (χ1) is 8.09. The average molecular weight is 236 g/mol. The van der Waals surface area contributed by atoms with E-state index in [0.29, 0.717) is 11.8 Å². The van der Waals surface area contributed by atoms with Crippen LogP contribution in [-0.2, 0) is 4.74 Å². The number of halogens is 1. The molecular weight excluding hydrogens is 215 g/mol. The molecule has 0 amide bonds. The first-order valence-electron chi connectivity index (χ1n) is 6.46. The van der Waals surface area contributed by atoms with Crippen LogP contribution in [0.3, 0.4) is 0 Å². The smallest absolute Gasteiger partial charge is 0.129 e. The topological polar surface area (TPSA) is 9.23 Å². The van der Waals surface area contributed by atoms with Crippen LogP contribution in [0.5, 0.6) is 0 Å². The van der Waals surface area contributed by atoms with Gasteiger partial charge in [0.1, 0.15) is 5.82 Å². The fourth-order valence-corrected chi connectivity index (χ4v) is 2.56. The Hall–Kier alpha value is -0.890. The average Bonchev–Trinajstić information content (AvgIpc) is 2.33. The fraction of sp³-hybridized carbons (Fsp3) is 0.600. The van der Waals surface area contributed by atoms with Gasteiger partial charge in [-0.25, -0.2) is 4.39 Å². The Kier molecular flexibility index (Phi) is 3.82. The monoisotopic (exact) mass is 236 g/mol. The second kappa shape index (κ2) is 5.18. The van der Waals surface area contributed by atoms with Gasteiger partial charge in [0.25, 0.3) is 0 Å². The molecule has 1 fully saturated rings. The van der Waals surface area contributed by atoms with E-state index in [1.807, 2.05) is 25.1 Å². The number of rotatable bonds is 2. The first-order valence-corrected chi connectivity index (χ1v) is 6.46. The fourth-order valence-electron chi connectivity index (χ4n) is 2.56. The van der Waals surface area contributed by atoms with Gasteiger partial charge in [-0.15, -0.1) is 0 Å². The van der Waals surface area contributed by atoms with Gasteiger partial charge < -0.3 is 4.74 Å². The first kappa shape index (κ1) is 12.6. The predicted molar refractivity (Wildman–Crippen MR) is 67.7 cm³/mol. The van der Waals surface area contributed by atoms with Crippen LogP contribution >= 0.6 is 0 Å². The summed E-state index contributed by atoms with van der Waals surface area (Å²) in [4.78, 5) is 0. The van der Waals surface area contributed by atoms with Gasteiger partial charge in [-0.1, -0.05) is 32.0 Å². The Morgan fingerprint density at radius 1 is 1.35 bits per heavy atom. The summed E-state index contributed by atoms with van der Waals surface area (Å²) in [7, 11) is 0. The van der Waals surface area contributed by atoms with Crippen LogP contribution in [0.25, 0.3) is 0 Å². The second-order valence-corrected chi connectivity index (χ2v) is 5.35. The lowest BCUT2D eigenvalue weighted by atomic mass is 9.84. The quantitative estimate of drug-likeness (QED) is 0.752. The number of benzene rings is 1. The van der Waals surface area contributed by atoms with Crippen molar-refractivity contribution >= 4 is 0 Å². The van der Waals surface area contributed by atoms with Crippen molar-refractivity contribution in [2.45, 2.75) is 45.6 Å². The minimum Gasteiger partial charge on any atom is -0.378 e. The highest BCUT2D eigenvalue weighted by Crippen LogP contribution is 2.34. The van der Waals surface area contributed by atoms with Crippen LogP contribution in [0.15, 0.2) is 18.2 Å². The van der Waals surface area contributed by atoms with Crippen molar-refractivity contribution in [3.05, 3.63) is 35.1 Å². The minimum atomic E-state index is -0.0260. The zero-order chi connectivity index (χ0) is 12.4. The van der Waals surface area contributed by atoms with Gasteiger partial charge in [0.2, 0.25) is 0 Å². The normalized spacial score (nSPS) is 25.2. The predicted octanol–water partition coefficient (Wildman–Crippen LogP) is 4.05. The summed E-state index contributed by atoms with van der Waals surface area (Å²) >= 11 is 0. The summed E-state index contributed by atoms with van der Waals surface area (Å²) in [6.45, 7) is 6.91. The van der Waals surface area contributed by atoms with Crippen LogP contribution in [0, 0.1) is 18.7 Å². The molecule has 0 aromatic heterocycles. The lowest BCUT2D eigenvalue weighted by Gasteiger charge is -2.32. The Morgan fingerprint density at radius 3 is 2.82 bits per heavy atom. The number of aryl methyl sites for hydroxylation is 1. The zero-order valence-corrected chi connectivity index (χ0v) is 10.9. The summed E-state index contributed by atoms with van der Waals surface area (Å²) in [6.07, 6.45) is 2.15. The van der Waals surface area contributed by atoms with E-state index >= 15 is 0 Å². The maximum absolute atomic E-state index is 14.1. The van der Waals surface area contributed by atoms with E-state index in [9.17, 15) is 4.39 Å². The Labute approximate surface area is 103 Å². The Balaban J connectivity index is 2.19. The van der Waals surface area contributed by atoms with E-state index in [4.69, 9.17) is 4.74 Å². The summed E-state index contributed by atoms with van der Waals surface area (Å²) in [5, 5.41) is 0. The van der Waals surface area contributed by atoms with Crippen LogP contribution in [0.2, 0.25) is 0 Å². The molecule has 0 radical (unpaired) electrons. The van der Waals surface area contributed by atoms with E-state index < -0.39 is 0 Å². The molecule has 1 aliphatic heterocycles. The summed E-state index contributed by atoms with van der Waals surface area (Å²) in [5.41, 5.74) is 1.62. The molecule has 0 bridgehead atoms. The Bertz CT molecular complexity index is 387. The van der Waals surface area contributed by atoms with Crippen molar-refractivity contribution in [1.82, 2.24) is 0 Å². The third kappa shape index (κ3) is 2.68. The van der Waals surface area contributed by atoms with Gasteiger partial charge >= 0.3 is 0 Å². The van der Waals surface area contributed by atoms with Gasteiger partial charge in [-0.05, 0) is 42.7 Å². The molecule has 0 spiro atoms. The molecule has 1 nitrogen and oxygen atoms in total. The van der Waals surface area contributed by atoms with Crippen LogP contribution in [0.1, 0.15) is 43.7 Å². The molecule has 17 heavy (non-hydrogen) atoms. The third-order valence-corrected chi connectivity index (χ3v) is 3.72. The van der Waals surface area contributed by atoms with Gasteiger partial charge in [0.05, 0.1) is 6.10 Å². The second-order valence-electron chi connectivity index (χ2n) is 5.35. The highest BCUT2D eigenvalue weighted by Gasteiger charge is 2.27. The van der Waals surface area contributed by atoms with Gasteiger partial charge in [0, 0.05) is 6.61 Å². The van der Waals surface area contributed by atoms with Gasteiger partial charge in [0.15, 0.2) is 0 Å². The molecule has 0 aliphatic carbocycles. The zero-order valence-electron chi connectivity index (χ0n) is 10.9. The van der Waals surface area contributed by atoms with Gasteiger partial charge in [-0.3, -0.25) is 0 Å². The molecule has 1 heterocycles. The molecule has 94 valence electrons. The van der Waals surface area contributed by atoms with E-state index in [2.05, 4.69) is 13.8 Å². The van der Waals surface area contributed by atoms with Crippen molar-refractivity contribution in [3.63, 3.8) is 0 Å². The van der Waals surface area contributed by atoms with E-state index in [1.165, 1.54) is 0 Å². The van der Waals surface area contributed by atoms with Crippen LogP contribution < -0.4 is 0 Å². The minimum absolute atomic E-state index is 0.0260. The largest absolute Gasteiger partial charge is 0.378 e. The molecular formula is C15H21FO. The van der Waals surface area contributed by atoms with E-state index in [0.717, 1.165) is 30.6 Å². The molecule has 1 saturated heterocycles. The molecule has 1 unspecified atom stereocenters. The highest BCUT2D eigenvalue weighted by molar-refractivity contribution is 5.28. The van der Waals surface area contributed by atoms with Crippen LogP contribution in [0.4, 0.5) is 4.39 Å². The standard InChI is InChI=1S/C15H21FO/c1-10(2)14-9-12(7-8-17-14)13-6-4-5-11(3)15(13)16/h4-6,10,12,14H,7-9H2,1-3H3/t12?,14-/m1/s1. The molecule has 2 rings (SSSR count). The number of hydrogen-bond donors (Lipinski definition) is 0. The van der Waals surface area contributed by atoms with Gasteiger partial charge in [-0.2, -0.15) is 0 Å². The SMILES string of the molecule is Cc1cccc(C2CCO[C@@H](C(C)C)C2)c1F. The van der Waals surface area contributed by atoms with Crippen molar-refractivity contribution in [1.29, 1.82) is 0 Å². The van der Waals surface area contributed by atoms with E-state index in [1.54, 1.807) is 0 Å². The third-order valence-electron chi connectivity index (χ3n) is 3.72. The maximum Gasteiger partial charge on any atom is 0.129 e.